The number of carbonyl (C=O) groups is 2. The smallest absolute Gasteiger partial charge is 0.243 e. The van der Waals surface area contributed by atoms with Gasteiger partial charge >= 0.3 is 0 Å². The van der Waals surface area contributed by atoms with Gasteiger partial charge in [0.25, 0.3) is 0 Å². The largest absolute Gasteiger partial charge is 0.350 e. The SMILES string of the molecule is CCC(=O)N(Cc1ccc(F)cc1)[C@H](CC)C(=O)NC(C)(C)C. The van der Waals surface area contributed by atoms with Crippen LogP contribution in [0.1, 0.15) is 53.0 Å². The van der Waals surface area contributed by atoms with Crippen LogP contribution < -0.4 is 5.32 Å². The lowest BCUT2D eigenvalue weighted by molar-refractivity contribution is -0.141. The van der Waals surface area contributed by atoms with Gasteiger partial charge in [0.2, 0.25) is 11.8 Å². The molecule has 0 spiro atoms. The Bertz CT molecular complexity index is 535. The van der Waals surface area contributed by atoms with E-state index in [0.717, 1.165) is 5.56 Å². The van der Waals surface area contributed by atoms with E-state index < -0.39 is 6.04 Å². The van der Waals surface area contributed by atoms with Crippen molar-refractivity contribution in [1.29, 1.82) is 0 Å². The number of halogens is 1. The molecule has 0 heterocycles. The van der Waals surface area contributed by atoms with Crippen LogP contribution in [0.4, 0.5) is 4.39 Å². The van der Waals surface area contributed by atoms with Gasteiger partial charge in [-0.1, -0.05) is 26.0 Å². The Morgan fingerprint density at radius 2 is 1.74 bits per heavy atom. The molecular weight excluding hydrogens is 295 g/mol. The molecule has 1 aromatic rings. The molecule has 0 aliphatic carbocycles. The van der Waals surface area contributed by atoms with Crippen molar-refractivity contribution in [2.75, 3.05) is 0 Å². The number of amides is 2. The normalized spacial score (nSPS) is 12.6. The first-order valence-corrected chi connectivity index (χ1v) is 8.03. The van der Waals surface area contributed by atoms with Crippen LogP contribution in [0, 0.1) is 5.82 Å². The Balaban J connectivity index is 3.00. The quantitative estimate of drug-likeness (QED) is 0.874. The van der Waals surface area contributed by atoms with Gasteiger partial charge in [-0.25, -0.2) is 4.39 Å². The van der Waals surface area contributed by atoms with E-state index in [0.29, 0.717) is 19.4 Å². The molecule has 2 amide bonds. The number of carbonyl (C=O) groups excluding carboxylic acids is 2. The molecule has 1 N–H and O–H groups in total. The number of nitrogens with one attached hydrogen (secondary N) is 1. The molecule has 0 bridgehead atoms. The molecule has 0 unspecified atom stereocenters. The van der Waals surface area contributed by atoms with E-state index in [1.165, 1.54) is 12.1 Å². The van der Waals surface area contributed by atoms with Crippen molar-refractivity contribution in [1.82, 2.24) is 10.2 Å². The van der Waals surface area contributed by atoms with Crippen LogP contribution >= 0.6 is 0 Å². The van der Waals surface area contributed by atoms with Crippen molar-refractivity contribution in [3.8, 4) is 0 Å². The molecule has 0 saturated heterocycles. The van der Waals surface area contributed by atoms with Crippen LogP contribution in [-0.4, -0.2) is 28.3 Å². The molecular formula is C18H27FN2O2. The predicted molar refractivity (Wildman–Crippen MR) is 89.2 cm³/mol. The number of nitrogens with zero attached hydrogens (tertiary/aromatic N) is 1. The minimum absolute atomic E-state index is 0.0924. The van der Waals surface area contributed by atoms with Crippen LogP contribution in [0.3, 0.4) is 0 Å². The summed E-state index contributed by atoms with van der Waals surface area (Å²) in [6.45, 7) is 9.67. The van der Waals surface area contributed by atoms with E-state index in [-0.39, 0.29) is 23.2 Å². The Morgan fingerprint density at radius 3 is 2.17 bits per heavy atom. The summed E-state index contributed by atoms with van der Waals surface area (Å²) >= 11 is 0. The van der Waals surface area contributed by atoms with E-state index in [9.17, 15) is 14.0 Å². The van der Waals surface area contributed by atoms with Crippen LogP contribution in [0.15, 0.2) is 24.3 Å². The fourth-order valence-corrected chi connectivity index (χ4v) is 2.36. The molecule has 0 fully saturated rings. The van der Waals surface area contributed by atoms with E-state index in [1.807, 2.05) is 27.7 Å². The molecule has 5 heteroatoms. The third-order valence-electron chi connectivity index (χ3n) is 3.45. The second-order valence-electron chi connectivity index (χ2n) is 6.66. The zero-order valence-corrected chi connectivity index (χ0v) is 14.6. The molecule has 1 rings (SSSR count). The first kappa shape index (κ1) is 19.1. The Labute approximate surface area is 138 Å². The summed E-state index contributed by atoms with van der Waals surface area (Å²) in [5.41, 5.74) is 0.441. The van der Waals surface area contributed by atoms with Gasteiger partial charge in [-0.2, -0.15) is 0 Å². The average molecular weight is 322 g/mol. The van der Waals surface area contributed by atoms with Gasteiger partial charge in [0.15, 0.2) is 0 Å². The van der Waals surface area contributed by atoms with E-state index in [2.05, 4.69) is 5.32 Å². The Kier molecular flexibility index (Phi) is 6.73. The molecule has 1 aromatic carbocycles. The van der Waals surface area contributed by atoms with E-state index in [4.69, 9.17) is 0 Å². The molecule has 0 aliphatic rings. The molecule has 0 radical (unpaired) electrons. The maximum Gasteiger partial charge on any atom is 0.243 e. The highest BCUT2D eigenvalue weighted by Crippen LogP contribution is 2.15. The number of rotatable bonds is 6. The number of hydrogen-bond acceptors (Lipinski definition) is 2. The summed E-state index contributed by atoms with van der Waals surface area (Å²) in [7, 11) is 0. The second-order valence-corrected chi connectivity index (χ2v) is 6.66. The molecule has 0 saturated carbocycles. The lowest BCUT2D eigenvalue weighted by Crippen LogP contribution is -2.53. The van der Waals surface area contributed by atoms with Gasteiger partial charge < -0.3 is 10.2 Å². The standard InChI is InChI=1S/C18H27FN2O2/c1-6-15(17(23)20-18(3,4)5)21(16(22)7-2)12-13-8-10-14(19)11-9-13/h8-11,15H,6-7,12H2,1-5H3,(H,20,23)/t15-/m1/s1. The van der Waals surface area contributed by atoms with Crippen molar-refractivity contribution in [2.45, 2.75) is 65.6 Å². The van der Waals surface area contributed by atoms with Crippen molar-refractivity contribution < 1.29 is 14.0 Å². The highest BCUT2D eigenvalue weighted by molar-refractivity contribution is 5.87. The van der Waals surface area contributed by atoms with Crippen molar-refractivity contribution in [3.63, 3.8) is 0 Å². The Morgan fingerprint density at radius 1 is 1.17 bits per heavy atom. The van der Waals surface area contributed by atoms with Gasteiger partial charge in [-0.15, -0.1) is 0 Å². The summed E-state index contributed by atoms with van der Waals surface area (Å²) in [4.78, 5) is 26.4. The molecule has 23 heavy (non-hydrogen) atoms. The minimum Gasteiger partial charge on any atom is -0.350 e. The van der Waals surface area contributed by atoms with E-state index in [1.54, 1.807) is 24.0 Å². The first-order valence-electron chi connectivity index (χ1n) is 8.03. The maximum atomic E-state index is 13.0. The van der Waals surface area contributed by atoms with Crippen molar-refractivity contribution in [2.24, 2.45) is 0 Å². The molecule has 4 nitrogen and oxygen atoms in total. The topological polar surface area (TPSA) is 49.4 Å². The maximum absolute atomic E-state index is 13.0. The fraction of sp³-hybridized carbons (Fsp3) is 0.556. The average Bonchev–Trinajstić information content (AvgIpc) is 2.46. The van der Waals surface area contributed by atoms with Crippen molar-refractivity contribution in [3.05, 3.63) is 35.6 Å². The third kappa shape index (κ3) is 6.00. The Hall–Kier alpha value is -1.91. The summed E-state index contributed by atoms with van der Waals surface area (Å²) < 4.78 is 13.0. The zero-order chi connectivity index (χ0) is 17.6. The van der Waals surface area contributed by atoms with E-state index >= 15 is 0 Å². The highest BCUT2D eigenvalue weighted by Gasteiger charge is 2.29. The van der Waals surface area contributed by atoms with Crippen LogP contribution in [0.25, 0.3) is 0 Å². The van der Waals surface area contributed by atoms with Crippen LogP contribution in [-0.2, 0) is 16.1 Å². The molecule has 1 atom stereocenters. The molecule has 128 valence electrons. The predicted octanol–water partition coefficient (Wildman–Crippen LogP) is 3.26. The second kappa shape index (κ2) is 8.09. The summed E-state index contributed by atoms with van der Waals surface area (Å²) in [5.74, 6) is -0.575. The zero-order valence-electron chi connectivity index (χ0n) is 14.6. The molecule has 0 aliphatic heterocycles. The van der Waals surface area contributed by atoms with Gasteiger partial charge in [-0.3, -0.25) is 9.59 Å². The lowest BCUT2D eigenvalue weighted by Gasteiger charge is -2.33. The lowest BCUT2D eigenvalue weighted by atomic mass is 10.1. The summed E-state index contributed by atoms with van der Waals surface area (Å²) in [6.07, 6.45) is 0.843. The van der Waals surface area contributed by atoms with Crippen LogP contribution in [0.2, 0.25) is 0 Å². The van der Waals surface area contributed by atoms with Crippen molar-refractivity contribution >= 4 is 11.8 Å². The van der Waals surface area contributed by atoms with Gasteiger partial charge in [-0.05, 0) is 44.9 Å². The summed E-state index contributed by atoms with van der Waals surface area (Å²) in [6, 6.07) is 5.46. The monoisotopic (exact) mass is 322 g/mol. The van der Waals surface area contributed by atoms with Crippen LogP contribution in [0.5, 0.6) is 0 Å². The number of hydrogen-bond donors (Lipinski definition) is 1. The van der Waals surface area contributed by atoms with Gasteiger partial charge in [0.1, 0.15) is 11.9 Å². The van der Waals surface area contributed by atoms with Gasteiger partial charge in [0, 0.05) is 18.5 Å². The first-order chi connectivity index (χ1) is 10.7. The number of benzene rings is 1. The molecule has 0 aromatic heterocycles. The fourth-order valence-electron chi connectivity index (χ4n) is 2.36. The summed E-state index contributed by atoms with van der Waals surface area (Å²) in [5, 5.41) is 2.93. The third-order valence-corrected chi connectivity index (χ3v) is 3.45. The highest BCUT2D eigenvalue weighted by atomic mass is 19.1. The minimum atomic E-state index is -0.535. The van der Waals surface area contributed by atoms with Gasteiger partial charge in [0.05, 0.1) is 0 Å².